The third-order valence-corrected chi connectivity index (χ3v) is 4.06. The van der Waals surface area contributed by atoms with E-state index in [-0.39, 0.29) is 0 Å². The summed E-state index contributed by atoms with van der Waals surface area (Å²) in [5, 5.41) is 3.39. The zero-order chi connectivity index (χ0) is 13.1. The van der Waals surface area contributed by atoms with E-state index in [0.717, 1.165) is 38.7 Å². The van der Waals surface area contributed by atoms with Gasteiger partial charge in [0.1, 0.15) is 0 Å². The number of hydrogen-bond acceptors (Lipinski definition) is 5. The van der Waals surface area contributed by atoms with E-state index in [0.29, 0.717) is 6.04 Å². The molecule has 2 heterocycles. The SMILES string of the molecule is CNC1CCCCc2nc(N3CCOCC3)ncc21. The van der Waals surface area contributed by atoms with Gasteiger partial charge in [-0.2, -0.15) is 0 Å². The van der Waals surface area contributed by atoms with E-state index in [1.807, 2.05) is 13.2 Å². The van der Waals surface area contributed by atoms with Gasteiger partial charge in [-0.3, -0.25) is 0 Å². The zero-order valence-corrected chi connectivity index (χ0v) is 11.6. The van der Waals surface area contributed by atoms with E-state index in [1.165, 1.54) is 30.5 Å². The second kappa shape index (κ2) is 5.84. The lowest BCUT2D eigenvalue weighted by atomic mass is 10.1. The molecule has 1 saturated heterocycles. The Morgan fingerprint density at radius 3 is 2.95 bits per heavy atom. The van der Waals surface area contributed by atoms with Gasteiger partial charge in [0.15, 0.2) is 0 Å². The summed E-state index contributed by atoms with van der Waals surface area (Å²) in [6.45, 7) is 3.35. The minimum atomic E-state index is 0.413. The maximum Gasteiger partial charge on any atom is 0.225 e. The third-order valence-electron chi connectivity index (χ3n) is 4.06. The van der Waals surface area contributed by atoms with Crippen LogP contribution in [0, 0.1) is 0 Å². The maximum atomic E-state index is 5.38. The number of nitrogens with zero attached hydrogens (tertiary/aromatic N) is 3. The molecule has 0 aromatic carbocycles. The van der Waals surface area contributed by atoms with Crippen LogP contribution in [-0.4, -0.2) is 43.3 Å². The van der Waals surface area contributed by atoms with Crippen molar-refractivity contribution >= 4 is 5.95 Å². The number of anilines is 1. The van der Waals surface area contributed by atoms with Crippen molar-refractivity contribution in [1.29, 1.82) is 0 Å². The molecule has 1 aromatic rings. The summed E-state index contributed by atoms with van der Waals surface area (Å²) < 4.78 is 5.38. The number of nitrogens with one attached hydrogen (secondary N) is 1. The molecule has 1 unspecified atom stereocenters. The number of ether oxygens (including phenoxy) is 1. The van der Waals surface area contributed by atoms with Crippen LogP contribution in [0.3, 0.4) is 0 Å². The molecule has 0 amide bonds. The molecule has 3 rings (SSSR count). The highest BCUT2D eigenvalue weighted by atomic mass is 16.5. The molecule has 1 aromatic heterocycles. The summed E-state index contributed by atoms with van der Waals surface area (Å²) in [5.74, 6) is 0.874. The molecule has 0 saturated carbocycles. The second-order valence-electron chi connectivity index (χ2n) is 5.26. The Bertz CT molecular complexity index is 431. The van der Waals surface area contributed by atoms with Gasteiger partial charge in [-0.15, -0.1) is 0 Å². The first-order valence-electron chi connectivity index (χ1n) is 7.24. The van der Waals surface area contributed by atoms with Crippen molar-refractivity contribution in [3.8, 4) is 0 Å². The van der Waals surface area contributed by atoms with Crippen molar-refractivity contribution in [3.05, 3.63) is 17.5 Å². The molecule has 1 fully saturated rings. The van der Waals surface area contributed by atoms with Gasteiger partial charge in [-0.25, -0.2) is 9.97 Å². The number of fused-ring (bicyclic) bond motifs is 1. The quantitative estimate of drug-likeness (QED) is 0.814. The normalized spacial score (nSPS) is 23.8. The molecule has 0 bridgehead atoms. The van der Waals surface area contributed by atoms with Gasteiger partial charge >= 0.3 is 0 Å². The van der Waals surface area contributed by atoms with Crippen LogP contribution < -0.4 is 10.2 Å². The highest BCUT2D eigenvalue weighted by Gasteiger charge is 2.21. The first-order chi connectivity index (χ1) is 9.38. The Kier molecular flexibility index (Phi) is 3.94. The van der Waals surface area contributed by atoms with Gasteiger partial charge in [0.25, 0.3) is 0 Å². The average molecular weight is 262 g/mol. The zero-order valence-electron chi connectivity index (χ0n) is 11.6. The van der Waals surface area contributed by atoms with Crippen LogP contribution in [0.1, 0.15) is 36.6 Å². The number of aromatic nitrogens is 2. The fraction of sp³-hybridized carbons (Fsp3) is 0.714. The third kappa shape index (κ3) is 2.72. The highest BCUT2D eigenvalue weighted by Crippen LogP contribution is 2.27. The minimum absolute atomic E-state index is 0.413. The number of morpholine rings is 1. The van der Waals surface area contributed by atoms with Crippen LogP contribution >= 0.6 is 0 Å². The molecule has 1 aliphatic carbocycles. The first kappa shape index (κ1) is 12.8. The summed E-state index contributed by atoms with van der Waals surface area (Å²) in [5.41, 5.74) is 2.52. The van der Waals surface area contributed by atoms with Crippen LogP contribution in [-0.2, 0) is 11.2 Å². The maximum absolute atomic E-state index is 5.38. The summed E-state index contributed by atoms with van der Waals surface area (Å²) in [7, 11) is 2.02. The average Bonchev–Trinajstić information content (AvgIpc) is 2.69. The van der Waals surface area contributed by atoms with E-state index < -0.39 is 0 Å². The van der Waals surface area contributed by atoms with Crippen molar-refractivity contribution in [1.82, 2.24) is 15.3 Å². The van der Waals surface area contributed by atoms with Gasteiger partial charge in [0.05, 0.1) is 18.9 Å². The Hall–Kier alpha value is -1.20. The Balaban J connectivity index is 1.87. The fourth-order valence-electron chi connectivity index (χ4n) is 2.92. The highest BCUT2D eigenvalue weighted by molar-refractivity contribution is 5.35. The molecule has 0 radical (unpaired) electrons. The standard InChI is InChI=1S/C14H22N4O/c1-15-12-4-2-3-5-13-11(12)10-16-14(17-13)18-6-8-19-9-7-18/h10,12,15H,2-9H2,1H3. The molecule has 5 heteroatoms. The van der Waals surface area contributed by atoms with E-state index in [1.54, 1.807) is 0 Å². The van der Waals surface area contributed by atoms with Crippen molar-refractivity contribution < 1.29 is 4.74 Å². The largest absolute Gasteiger partial charge is 0.378 e. The molecule has 2 aliphatic rings. The van der Waals surface area contributed by atoms with E-state index in [9.17, 15) is 0 Å². The molecule has 1 N–H and O–H groups in total. The topological polar surface area (TPSA) is 50.3 Å². The van der Waals surface area contributed by atoms with E-state index >= 15 is 0 Å². The molecule has 5 nitrogen and oxygen atoms in total. The van der Waals surface area contributed by atoms with Gasteiger partial charge < -0.3 is 15.0 Å². The van der Waals surface area contributed by atoms with Crippen LogP contribution in [0.4, 0.5) is 5.95 Å². The smallest absolute Gasteiger partial charge is 0.225 e. The number of rotatable bonds is 2. The predicted octanol–water partition coefficient (Wildman–Crippen LogP) is 1.30. The van der Waals surface area contributed by atoms with Crippen LogP contribution in [0.15, 0.2) is 6.20 Å². The lowest BCUT2D eigenvalue weighted by Crippen LogP contribution is -2.37. The minimum Gasteiger partial charge on any atom is -0.378 e. The molecular formula is C14H22N4O. The van der Waals surface area contributed by atoms with Gasteiger partial charge in [-0.05, 0) is 26.3 Å². The lowest BCUT2D eigenvalue weighted by Gasteiger charge is -2.27. The van der Waals surface area contributed by atoms with Crippen LogP contribution in [0.5, 0.6) is 0 Å². The molecule has 1 atom stereocenters. The Labute approximate surface area is 114 Å². The van der Waals surface area contributed by atoms with Crippen LogP contribution in [0.25, 0.3) is 0 Å². The summed E-state index contributed by atoms with van der Waals surface area (Å²) >= 11 is 0. The van der Waals surface area contributed by atoms with Crippen molar-refractivity contribution in [3.63, 3.8) is 0 Å². The Morgan fingerprint density at radius 1 is 1.32 bits per heavy atom. The Morgan fingerprint density at radius 2 is 2.16 bits per heavy atom. The number of hydrogen-bond donors (Lipinski definition) is 1. The van der Waals surface area contributed by atoms with Crippen LogP contribution in [0.2, 0.25) is 0 Å². The molecular weight excluding hydrogens is 240 g/mol. The van der Waals surface area contributed by atoms with Crippen molar-refractivity contribution in [2.45, 2.75) is 31.7 Å². The van der Waals surface area contributed by atoms with Crippen molar-refractivity contribution in [2.75, 3.05) is 38.3 Å². The molecule has 1 aliphatic heterocycles. The van der Waals surface area contributed by atoms with Crippen molar-refractivity contribution in [2.24, 2.45) is 0 Å². The second-order valence-corrected chi connectivity index (χ2v) is 5.26. The van der Waals surface area contributed by atoms with Gasteiger partial charge in [0.2, 0.25) is 5.95 Å². The summed E-state index contributed by atoms with van der Waals surface area (Å²) in [6.07, 6.45) is 6.77. The van der Waals surface area contributed by atoms with Gasteiger partial charge in [-0.1, -0.05) is 6.42 Å². The van der Waals surface area contributed by atoms with E-state index in [4.69, 9.17) is 9.72 Å². The monoisotopic (exact) mass is 262 g/mol. The molecule has 104 valence electrons. The lowest BCUT2D eigenvalue weighted by molar-refractivity contribution is 0.122. The first-order valence-corrected chi connectivity index (χ1v) is 7.24. The fourth-order valence-corrected chi connectivity index (χ4v) is 2.92. The predicted molar refractivity (Wildman–Crippen MR) is 74.4 cm³/mol. The number of aryl methyl sites for hydroxylation is 1. The molecule has 19 heavy (non-hydrogen) atoms. The van der Waals surface area contributed by atoms with E-state index in [2.05, 4.69) is 15.2 Å². The van der Waals surface area contributed by atoms with Gasteiger partial charge in [0, 0.05) is 30.9 Å². The summed E-state index contributed by atoms with van der Waals surface area (Å²) in [4.78, 5) is 11.6. The molecule has 0 spiro atoms. The summed E-state index contributed by atoms with van der Waals surface area (Å²) in [6, 6.07) is 0.413.